The topological polar surface area (TPSA) is 86.8 Å². The largest absolute Gasteiger partial charge is 0.355 e. The molecule has 0 aliphatic carbocycles. The van der Waals surface area contributed by atoms with E-state index in [4.69, 9.17) is 11.6 Å². The highest BCUT2D eigenvalue weighted by molar-refractivity contribution is 9.10. The zero-order valence-electron chi connectivity index (χ0n) is 23.0. The van der Waals surface area contributed by atoms with Crippen LogP contribution < -0.4 is 9.62 Å². The molecule has 0 saturated carbocycles. The zero-order chi connectivity index (χ0) is 30.1. The van der Waals surface area contributed by atoms with E-state index < -0.39 is 28.5 Å². The summed E-state index contributed by atoms with van der Waals surface area (Å²) < 4.78 is 29.8. The third-order valence-corrected chi connectivity index (χ3v) is 9.12. The fraction of sp³-hybridized carbons (Fsp3) is 0.188. The lowest BCUT2D eigenvalue weighted by Gasteiger charge is -2.33. The van der Waals surface area contributed by atoms with E-state index in [1.165, 1.54) is 29.2 Å². The highest BCUT2D eigenvalue weighted by Crippen LogP contribution is 2.26. The third kappa shape index (κ3) is 8.00. The van der Waals surface area contributed by atoms with Crippen molar-refractivity contribution >= 4 is 55.1 Å². The minimum Gasteiger partial charge on any atom is -0.355 e. The Labute approximate surface area is 260 Å². The van der Waals surface area contributed by atoms with Crippen molar-refractivity contribution in [1.29, 1.82) is 0 Å². The predicted molar refractivity (Wildman–Crippen MR) is 170 cm³/mol. The molecular weight excluding hydrogens is 638 g/mol. The van der Waals surface area contributed by atoms with Crippen molar-refractivity contribution in [3.05, 3.63) is 130 Å². The van der Waals surface area contributed by atoms with E-state index in [0.717, 1.165) is 19.9 Å². The standard InChI is InChI=1S/C32H31BrClN3O4S/c1-2-35-32(39)30(21-24-10-5-3-6-11-24)36(22-25-12-9-13-26(33)20-25)31(38)23-37(28-14-7-4-8-15-28)42(40,41)29-18-16-27(34)17-19-29/h3-20,30H,2,21-23H2,1H3,(H,35,39). The lowest BCUT2D eigenvalue weighted by atomic mass is 10.0. The molecule has 4 aromatic rings. The summed E-state index contributed by atoms with van der Waals surface area (Å²) in [5, 5.41) is 3.25. The molecule has 0 heterocycles. The van der Waals surface area contributed by atoms with Crippen LogP contribution in [0.1, 0.15) is 18.1 Å². The van der Waals surface area contributed by atoms with Crippen molar-refractivity contribution < 1.29 is 18.0 Å². The summed E-state index contributed by atoms with van der Waals surface area (Å²) in [5.74, 6) is -0.847. The van der Waals surface area contributed by atoms with E-state index in [1.807, 2.05) is 61.5 Å². The van der Waals surface area contributed by atoms with Gasteiger partial charge in [0.05, 0.1) is 10.6 Å². The molecule has 1 N–H and O–H groups in total. The van der Waals surface area contributed by atoms with Crippen LogP contribution in [0.25, 0.3) is 0 Å². The summed E-state index contributed by atoms with van der Waals surface area (Å²) >= 11 is 9.50. The van der Waals surface area contributed by atoms with Crippen LogP contribution in [0.5, 0.6) is 0 Å². The van der Waals surface area contributed by atoms with Crippen molar-refractivity contribution in [2.75, 3.05) is 17.4 Å². The van der Waals surface area contributed by atoms with Crippen LogP contribution in [0.15, 0.2) is 119 Å². The van der Waals surface area contributed by atoms with Gasteiger partial charge in [-0.2, -0.15) is 0 Å². The van der Waals surface area contributed by atoms with E-state index in [-0.39, 0.29) is 23.8 Å². The monoisotopic (exact) mass is 667 g/mol. The maximum absolute atomic E-state index is 14.3. The summed E-state index contributed by atoms with van der Waals surface area (Å²) in [7, 11) is -4.17. The van der Waals surface area contributed by atoms with Gasteiger partial charge in [-0.3, -0.25) is 13.9 Å². The molecule has 0 aromatic heterocycles. The van der Waals surface area contributed by atoms with Gasteiger partial charge in [-0.25, -0.2) is 8.42 Å². The molecule has 0 spiro atoms. The molecular formula is C32H31BrClN3O4S. The van der Waals surface area contributed by atoms with Gasteiger partial charge in [-0.1, -0.05) is 88.2 Å². The molecule has 4 aromatic carbocycles. The normalized spacial score (nSPS) is 11.9. The molecule has 0 bridgehead atoms. The van der Waals surface area contributed by atoms with Crippen LogP contribution in [0.3, 0.4) is 0 Å². The summed E-state index contributed by atoms with van der Waals surface area (Å²) in [5.41, 5.74) is 1.97. The minimum absolute atomic E-state index is 0.00773. The van der Waals surface area contributed by atoms with E-state index in [9.17, 15) is 18.0 Å². The number of amides is 2. The highest BCUT2D eigenvalue weighted by atomic mass is 79.9. The number of benzene rings is 4. The van der Waals surface area contributed by atoms with E-state index in [1.54, 1.807) is 30.3 Å². The molecule has 2 amide bonds. The van der Waals surface area contributed by atoms with Crippen molar-refractivity contribution in [3.63, 3.8) is 0 Å². The second kappa shape index (κ2) is 14.5. The summed E-state index contributed by atoms with van der Waals surface area (Å²) in [6.07, 6.45) is 0.252. The predicted octanol–water partition coefficient (Wildman–Crippen LogP) is 6.07. The number of hydrogen-bond donors (Lipinski definition) is 1. The number of halogens is 2. The summed E-state index contributed by atoms with van der Waals surface area (Å²) in [6, 6.07) is 30.2. The Morgan fingerprint density at radius 1 is 0.857 bits per heavy atom. The first kappa shape index (κ1) is 31.3. The molecule has 42 heavy (non-hydrogen) atoms. The number of sulfonamides is 1. The zero-order valence-corrected chi connectivity index (χ0v) is 26.1. The van der Waals surface area contributed by atoms with Crippen LogP contribution in [-0.4, -0.2) is 44.3 Å². The van der Waals surface area contributed by atoms with Crippen molar-refractivity contribution in [2.45, 2.75) is 30.8 Å². The molecule has 0 aliphatic rings. The van der Waals surface area contributed by atoms with Gasteiger partial charge in [-0.05, 0) is 66.6 Å². The maximum atomic E-state index is 14.3. The molecule has 4 rings (SSSR count). The van der Waals surface area contributed by atoms with Gasteiger partial charge in [0.2, 0.25) is 11.8 Å². The van der Waals surface area contributed by atoms with Gasteiger partial charge < -0.3 is 10.2 Å². The number of para-hydroxylation sites is 1. The molecule has 7 nitrogen and oxygen atoms in total. The third-order valence-electron chi connectivity index (χ3n) is 6.59. The Balaban J connectivity index is 1.78. The average molecular weight is 669 g/mol. The van der Waals surface area contributed by atoms with Gasteiger partial charge in [0.15, 0.2) is 0 Å². The number of nitrogens with zero attached hydrogens (tertiary/aromatic N) is 2. The second-order valence-corrected chi connectivity index (χ2v) is 12.8. The lowest BCUT2D eigenvalue weighted by molar-refractivity contribution is -0.140. The lowest BCUT2D eigenvalue weighted by Crippen LogP contribution is -2.53. The molecule has 218 valence electrons. The Hall–Kier alpha value is -3.66. The highest BCUT2D eigenvalue weighted by Gasteiger charge is 2.34. The molecule has 0 radical (unpaired) electrons. The molecule has 10 heteroatoms. The van der Waals surface area contributed by atoms with Gasteiger partial charge >= 0.3 is 0 Å². The number of likely N-dealkylation sites (N-methyl/N-ethyl adjacent to an activating group) is 1. The molecule has 1 atom stereocenters. The number of hydrogen-bond acceptors (Lipinski definition) is 4. The molecule has 0 aliphatic heterocycles. The first-order valence-corrected chi connectivity index (χ1v) is 16.0. The molecule has 1 unspecified atom stereocenters. The number of rotatable bonds is 12. The maximum Gasteiger partial charge on any atom is 0.264 e. The number of nitrogens with one attached hydrogen (secondary N) is 1. The molecule has 0 saturated heterocycles. The Kier molecular flexibility index (Phi) is 10.8. The molecule has 0 fully saturated rings. The summed E-state index contributed by atoms with van der Waals surface area (Å²) in [4.78, 5) is 29.3. The number of carbonyl (C=O) groups excluding carboxylic acids is 2. The Morgan fingerprint density at radius 2 is 1.48 bits per heavy atom. The minimum atomic E-state index is -4.17. The SMILES string of the molecule is CCNC(=O)C(Cc1ccccc1)N(Cc1cccc(Br)c1)C(=O)CN(c1ccccc1)S(=O)(=O)c1ccc(Cl)cc1. The van der Waals surface area contributed by atoms with Gasteiger partial charge in [0.25, 0.3) is 10.0 Å². The second-order valence-electron chi connectivity index (χ2n) is 9.55. The van der Waals surface area contributed by atoms with Gasteiger partial charge in [-0.15, -0.1) is 0 Å². The first-order valence-electron chi connectivity index (χ1n) is 13.4. The fourth-order valence-corrected chi connectivity index (χ4v) is 6.52. The van der Waals surface area contributed by atoms with Crippen LogP contribution in [0.2, 0.25) is 5.02 Å². The fourth-order valence-electron chi connectivity index (χ4n) is 4.53. The van der Waals surface area contributed by atoms with E-state index in [0.29, 0.717) is 17.3 Å². The number of anilines is 1. The van der Waals surface area contributed by atoms with Crippen LogP contribution in [-0.2, 0) is 32.6 Å². The Morgan fingerprint density at radius 3 is 2.10 bits per heavy atom. The Bertz CT molecular complexity index is 1600. The van der Waals surface area contributed by atoms with Crippen molar-refractivity contribution in [3.8, 4) is 0 Å². The average Bonchev–Trinajstić information content (AvgIpc) is 2.99. The van der Waals surface area contributed by atoms with Crippen LogP contribution in [0.4, 0.5) is 5.69 Å². The quantitative estimate of drug-likeness (QED) is 0.199. The smallest absolute Gasteiger partial charge is 0.264 e. The number of carbonyl (C=O) groups is 2. The van der Waals surface area contributed by atoms with Crippen molar-refractivity contribution in [1.82, 2.24) is 10.2 Å². The van der Waals surface area contributed by atoms with Crippen LogP contribution in [0, 0.1) is 0 Å². The van der Waals surface area contributed by atoms with Gasteiger partial charge in [0, 0.05) is 29.0 Å². The van der Waals surface area contributed by atoms with Crippen molar-refractivity contribution in [2.24, 2.45) is 0 Å². The summed E-state index contributed by atoms with van der Waals surface area (Å²) in [6.45, 7) is 1.77. The van der Waals surface area contributed by atoms with Crippen LogP contribution >= 0.6 is 27.5 Å². The first-order chi connectivity index (χ1) is 20.2. The van der Waals surface area contributed by atoms with E-state index >= 15 is 0 Å². The van der Waals surface area contributed by atoms with Gasteiger partial charge in [0.1, 0.15) is 12.6 Å². The van der Waals surface area contributed by atoms with E-state index in [2.05, 4.69) is 21.2 Å².